The Morgan fingerprint density at radius 2 is 0.981 bits per heavy atom. The molecule has 294 valence electrons. The summed E-state index contributed by atoms with van der Waals surface area (Å²) in [6.45, 7) is 6.46. The van der Waals surface area contributed by atoms with Crippen LogP contribution in [0.4, 0.5) is 0 Å². The number of amides is 1. The third kappa shape index (κ3) is 19.3. The Kier molecular flexibility index (Phi) is 20.1. The van der Waals surface area contributed by atoms with Gasteiger partial charge in [0.25, 0.3) is 0 Å². The Morgan fingerprint density at radius 3 is 1.42 bits per heavy atom. The van der Waals surface area contributed by atoms with E-state index in [9.17, 15) is 34.5 Å². The third-order valence-electron chi connectivity index (χ3n) is 7.87. The fraction of sp³-hybridized carbons (Fsp3) is 0.636. The summed E-state index contributed by atoms with van der Waals surface area (Å²) in [6.07, 6.45) is 0. The number of carbonyl (C=O) groups excluding carboxylic acids is 1. The van der Waals surface area contributed by atoms with Crippen molar-refractivity contribution in [2.45, 2.75) is 6.92 Å². The van der Waals surface area contributed by atoms with Gasteiger partial charge in [0, 0.05) is 64.5 Å². The van der Waals surface area contributed by atoms with Crippen molar-refractivity contribution < 1.29 is 53.4 Å². The molecule has 1 aliphatic heterocycles. The van der Waals surface area contributed by atoms with Gasteiger partial charge in [-0.2, -0.15) is 0 Å². The molecule has 2 aromatic rings. The first kappa shape index (κ1) is 43.0. The van der Waals surface area contributed by atoms with Crippen LogP contribution in [0, 0.1) is 6.92 Å². The number of hydrogen-bond acceptors (Lipinski definition) is 16. The number of aromatic nitrogens is 4. The van der Waals surface area contributed by atoms with Crippen molar-refractivity contribution >= 4 is 23.8 Å². The van der Waals surface area contributed by atoms with Crippen LogP contribution in [-0.4, -0.2) is 210 Å². The first-order valence-corrected chi connectivity index (χ1v) is 17.4. The van der Waals surface area contributed by atoms with Gasteiger partial charge in [-0.3, -0.25) is 38.8 Å². The minimum absolute atomic E-state index is 0.0344. The van der Waals surface area contributed by atoms with E-state index >= 15 is 0 Å². The lowest BCUT2D eigenvalue weighted by atomic mass is 10.2. The van der Waals surface area contributed by atoms with E-state index in [-0.39, 0.29) is 45.2 Å². The second kappa shape index (κ2) is 24.7. The smallest absolute Gasteiger partial charge is 0.317 e. The number of carbonyl (C=O) groups is 4. The van der Waals surface area contributed by atoms with Crippen LogP contribution in [0.1, 0.15) is 5.82 Å². The van der Waals surface area contributed by atoms with E-state index in [0.717, 1.165) is 5.56 Å². The quantitative estimate of drug-likeness (QED) is 0.0977. The number of nitrogens with zero attached hydrogens (tertiary/aromatic N) is 8. The van der Waals surface area contributed by atoms with Crippen LogP contribution in [0.2, 0.25) is 0 Å². The monoisotopic (exact) mass is 749 g/mol. The molecule has 4 N–H and O–H groups in total. The second-order valence-corrected chi connectivity index (χ2v) is 12.1. The summed E-state index contributed by atoms with van der Waals surface area (Å²) in [4.78, 5) is 54.0. The fourth-order valence-electron chi connectivity index (χ4n) is 5.16. The molecule has 2 heterocycles. The topological polar surface area (TPSA) is 242 Å². The van der Waals surface area contributed by atoms with Crippen molar-refractivity contribution in [2.75, 3.05) is 131 Å². The van der Waals surface area contributed by atoms with Crippen LogP contribution in [0.15, 0.2) is 24.3 Å². The van der Waals surface area contributed by atoms with Gasteiger partial charge < -0.3 is 39.6 Å². The van der Waals surface area contributed by atoms with Crippen molar-refractivity contribution in [1.29, 1.82) is 0 Å². The average Bonchev–Trinajstić information content (AvgIpc) is 3.11. The lowest BCUT2D eigenvalue weighted by Crippen LogP contribution is -2.50. The van der Waals surface area contributed by atoms with E-state index in [4.69, 9.17) is 18.9 Å². The predicted molar refractivity (Wildman–Crippen MR) is 187 cm³/mol. The number of benzene rings is 1. The minimum atomic E-state index is -1.02. The Balaban J connectivity index is 1.26. The van der Waals surface area contributed by atoms with Gasteiger partial charge >= 0.3 is 17.9 Å². The highest BCUT2D eigenvalue weighted by Crippen LogP contribution is 2.18. The predicted octanol–water partition coefficient (Wildman–Crippen LogP) is -1.74. The molecule has 0 saturated carbocycles. The van der Waals surface area contributed by atoms with Gasteiger partial charge in [0.1, 0.15) is 12.4 Å². The van der Waals surface area contributed by atoms with E-state index in [1.165, 1.54) is 0 Å². The van der Waals surface area contributed by atoms with Crippen LogP contribution in [0.5, 0.6) is 5.75 Å². The molecule has 1 fully saturated rings. The van der Waals surface area contributed by atoms with Gasteiger partial charge in [0.15, 0.2) is 5.82 Å². The van der Waals surface area contributed by atoms with Crippen molar-refractivity contribution in [1.82, 2.24) is 45.3 Å². The zero-order valence-electron chi connectivity index (χ0n) is 30.1. The molecule has 0 spiro atoms. The van der Waals surface area contributed by atoms with Gasteiger partial charge in [-0.25, -0.2) is 0 Å². The van der Waals surface area contributed by atoms with Crippen molar-refractivity contribution in [3.8, 4) is 17.1 Å². The Morgan fingerprint density at radius 1 is 0.585 bits per heavy atom. The number of hydrogen-bond donors (Lipinski definition) is 4. The molecule has 53 heavy (non-hydrogen) atoms. The number of carboxylic acid groups (broad SMARTS) is 3. The zero-order valence-corrected chi connectivity index (χ0v) is 30.1. The van der Waals surface area contributed by atoms with E-state index in [0.29, 0.717) is 109 Å². The first-order valence-electron chi connectivity index (χ1n) is 17.4. The molecule has 20 heteroatoms. The van der Waals surface area contributed by atoms with Gasteiger partial charge in [-0.15, -0.1) is 20.4 Å². The lowest BCUT2D eigenvalue weighted by Gasteiger charge is -2.32. The van der Waals surface area contributed by atoms with Gasteiger partial charge in [-0.05, 0) is 31.2 Å². The van der Waals surface area contributed by atoms with Crippen molar-refractivity contribution in [2.24, 2.45) is 0 Å². The summed E-state index contributed by atoms with van der Waals surface area (Å²) >= 11 is 0. The summed E-state index contributed by atoms with van der Waals surface area (Å²) in [6, 6.07) is 7.29. The van der Waals surface area contributed by atoms with E-state index < -0.39 is 17.9 Å². The molecule has 3 rings (SSSR count). The molecule has 20 nitrogen and oxygen atoms in total. The highest BCUT2D eigenvalue weighted by atomic mass is 16.6. The number of rotatable bonds is 22. The van der Waals surface area contributed by atoms with Crippen molar-refractivity contribution in [3.63, 3.8) is 0 Å². The maximum atomic E-state index is 12.7. The highest BCUT2D eigenvalue weighted by molar-refractivity contribution is 5.78. The third-order valence-corrected chi connectivity index (χ3v) is 7.87. The SMILES string of the molecule is Cc1nnc(-c2ccc(OCCOCCOCCOCCNC(=O)CN3CCN(CC(=O)O)CCN(CC(=O)O)CCN(CC(=O)O)CC3)cc2)nn1. The maximum Gasteiger partial charge on any atom is 0.317 e. The summed E-state index contributed by atoms with van der Waals surface area (Å²) in [5, 5.41) is 46.7. The molecule has 1 saturated heterocycles. The molecule has 1 amide bonds. The molecular formula is C33H51N9O11. The summed E-state index contributed by atoms with van der Waals surface area (Å²) in [5.74, 6) is -1.65. The molecule has 0 radical (unpaired) electrons. The minimum Gasteiger partial charge on any atom is -0.491 e. The average molecular weight is 750 g/mol. The van der Waals surface area contributed by atoms with Crippen LogP contribution in [0.3, 0.4) is 0 Å². The number of ether oxygens (including phenoxy) is 4. The fourth-order valence-corrected chi connectivity index (χ4v) is 5.16. The molecule has 1 aromatic carbocycles. The molecule has 1 aliphatic rings. The van der Waals surface area contributed by atoms with Gasteiger partial charge in [-0.1, -0.05) is 0 Å². The van der Waals surface area contributed by atoms with Crippen LogP contribution in [0.25, 0.3) is 11.4 Å². The number of aryl methyl sites for hydroxylation is 1. The number of aliphatic carboxylic acids is 3. The van der Waals surface area contributed by atoms with Crippen molar-refractivity contribution in [3.05, 3.63) is 30.1 Å². The Labute approximate surface area is 307 Å². The lowest BCUT2D eigenvalue weighted by molar-refractivity contribution is -0.140. The molecule has 1 aromatic heterocycles. The van der Waals surface area contributed by atoms with Crippen LogP contribution in [-0.2, 0) is 33.4 Å². The van der Waals surface area contributed by atoms with Crippen LogP contribution < -0.4 is 10.1 Å². The zero-order chi connectivity index (χ0) is 38.3. The number of carboxylic acids is 3. The normalized spacial score (nSPS) is 15.6. The standard InChI is InChI=1S/C33H51N9O11/c1-26-35-37-33(38-36-26)27-2-4-28(5-3-27)53-21-20-52-19-18-51-17-16-50-15-6-34-29(43)22-39-7-9-40(23-30(44)45)11-13-42(25-32(48)49)14-12-41(10-8-39)24-31(46)47/h2-5H,6-25H2,1H3,(H,34,43)(H,44,45)(H,46,47)(H,48,49). The molecule has 0 unspecified atom stereocenters. The molecule has 0 bridgehead atoms. The summed E-state index contributed by atoms with van der Waals surface area (Å²) in [5.41, 5.74) is 0.786. The molecular weight excluding hydrogens is 698 g/mol. The second-order valence-electron chi connectivity index (χ2n) is 12.1. The van der Waals surface area contributed by atoms with Gasteiger partial charge in [0.2, 0.25) is 11.7 Å². The number of nitrogens with one attached hydrogen (secondary N) is 1. The van der Waals surface area contributed by atoms with E-state index in [1.807, 2.05) is 29.2 Å². The summed E-state index contributed by atoms with van der Waals surface area (Å²) in [7, 11) is 0. The Hall–Kier alpha value is -4.44. The largest absolute Gasteiger partial charge is 0.491 e. The van der Waals surface area contributed by atoms with Gasteiger partial charge in [0.05, 0.1) is 65.8 Å². The van der Waals surface area contributed by atoms with E-state index in [1.54, 1.807) is 21.6 Å². The van der Waals surface area contributed by atoms with Crippen LogP contribution >= 0.6 is 0 Å². The van der Waals surface area contributed by atoms with E-state index in [2.05, 4.69) is 25.7 Å². The molecule has 0 atom stereocenters. The molecule has 0 aliphatic carbocycles. The Bertz CT molecular complexity index is 1360. The summed E-state index contributed by atoms with van der Waals surface area (Å²) < 4.78 is 22.3. The highest BCUT2D eigenvalue weighted by Gasteiger charge is 2.21. The first-order chi connectivity index (χ1) is 25.6. The maximum absolute atomic E-state index is 12.7.